The van der Waals surface area contributed by atoms with Gasteiger partial charge in [-0.3, -0.25) is 0 Å². The van der Waals surface area contributed by atoms with Crippen molar-refractivity contribution in [2.45, 2.75) is 122 Å². The Labute approximate surface area is 183 Å². The van der Waals surface area contributed by atoms with Crippen LogP contribution in [-0.4, -0.2) is 46.8 Å². The zero-order chi connectivity index (χ0) is 21.9. The number of rotatable bonds is 4. The first-order chi connectivity index (χ1) is 12.3. The number of ether oxygens (including phenoxy) is 2. The van der Waals surface area contributed by atoms with Crippen LogP contribution in [0.3, 0.4) is 0 Å². The first-order valence-corrected chi connectivity index (χ1v) is 17.0. The van der Waals surface area contributed by atoms with E-state index in [1.807, 2.05) is 13.8 Å². The van der Waals surface area contributed by atoms with Crippen molar-refractivity contribution in [2.75, 3.05) is 0 Å². The van der Waals surface area contributed by atoms with Crippen LogP contribution in [0.15, 0.2) is 10.6 Å². The standard InChI is InChI=1S/C21H41BrO4Si2/c1-19(2,3)27(9,10)25-16-14(22)13-15-17(24-21(7,8)23-15)18(16)26-28(11,12)20(4,5)6/h13,15-18H,1-12H3/t15-,16-,17-,18-/m1/s1. The maximum Gasteiger partial charge on any atom is 0.193 e. The maximum absolute atomic E-state index is 6.95. The first-order valence-electron chi connectivity index (χ1n) is 10.4. The van der Waals surface area contributed by atoms with Gasteiger partial charge in [-0.1, -0.05) is 57.5 Å². The summed E-state index contributed by atoms with van der Waals surface area (Å²) in [4.78, 5) is 0. The lowest BCUT2D eigenvalue weighted by Crippen LogP contribution is -2.58. The number of halogens is 1. The van der Waals surface area contributed by atoms with E-state index in [9.17, 15) is 0 Å². The Morgan fingerprint density at radius 3 is 1.82 bits per heavy atom. The Morgan fingerprint density at radius 2 is 1.36 bits per heavy atom. The summed E-state index contributed by atoms with van der Waals surface area (Å²) >= 11 is 3.80. The van der Waals surface area contributed by atoms with Crippen LogP contribution in [0.5, 0.6) is 0 Å². The third-order valence-corrected chi connectivity index (χ3v) is 16.5. The molecule has 7 heteroatoms. The van der Waals surface area contributed by atoms with Gasteiger partial charge in [-0.2, -0.15) is 0 Å². The van der Waals surface area contributed by atoms with Crippen LogP contribution in [0.25, 0.3) is 0 Å². The van der Waals surface area contributed by atoms with Crippen molar-refractivity contribution in [3.8, 4) is 0 Å². The highest BCUT2D eigenvalue weighted by Gasteiger charge is 2.55. The van der Waals surface area contributed by atoms with Gasteiger partial charge >= 0.3 is 0 Å². The minimum atomic E-state index is -2.04. The zero-order valence-corrected chi connectivity index (χ0v) is 23.5. The molecule has 0 aromatic heterocycles. The highest BCUT2D eigenvalue weighted by molar-refractivity contribution is 9.11. The van der Waals surface area contributed by atoms with Crippen LogP contribution in [0.4, 0.5) is 0 Å². The average Bonchev–Trinajstić information content (AvgIpc) is 2.74. The molecule has 1 heterocycles. The minimum Gasteiger partial charge on any atom is -0.408 e. The Balaban J connectivity index is 2.44. The molecule has 0 spiro atoms. The molecule has 0 radical (unpaired) electrons. The number of fused-ring (bicyclic) bond motifs is 1. The van der Waals surface area contributed by atoms with Gasteiger partial charge in [0, 0.05) is 4.48 Å². The molecular weight excluding hydrogens is 452 g/mol. The molecule has 0 unspecified atom stereocenters. The molecule has 2 rings (SSSR count). The third kappa shape index (κ3) is 5.03. The molecule has 0 N–H and O–H groups in total. The van der Waals surface area contributed by atoms with Gasteiger partial charge in [-0.25, -0.2) is 0 Å². The van der Waals surface area contributed by atoms with Crippen molar-refractivity contribution >= 4 is 32.6 Å². The van der Waals surface area contributed by atoms with Gasteiger partial charge in [0.25, 0.3) is 0 Å². The molecule has 0 aromatic carbocycles. The molecule has 4 nitrogen and oxygen atoms in total. The second kappa shape index (κ2) is 7.57. The molecule has 1 aliphatic heterocycles. The fourth-order valence-electron chi connectivity index (χ4n) is 3.04. The lowest BCUT2D eigenvalue weighted by atomic mass is 9.96. The summed E-state index contributed by atoms with van der Waals surface area (Å²) in [5, 5.41) is 0.220. The van der Waals surface area contributed by atoms with Crippen LogP contribution in [0, 0.1) is 0 Å². The van der Waals surface area contributed by atoms with Gasteiger partial charge in [0.1, 0.15) is 24.4 Å². The summed E-state index contributed by atoms with van der Waals surface area (Å²) in [6.45, 7) is 26.7. The van der Waals surface area contributed by atoms with Crippen LogP contribution in [0.1, 0.15) is 55.4 Å². The molecular formula is C21H41BrO4Si2. The summed E-state index contributed by atoms with van der Waals surface area (Å²) in [5.41, 5.74) is 0. The molecule has 0 aromatic rings. The third-order valence-electron chi connectivity index (χ3n) is 6.85. The summed E-state index contributed by atoms with van der Waals surface area (Å²) in [6.07, 6.45) is 1.46. The molecule has 0 saturated carbocycles. The van der Waals surface area contributed by atoms with Crippen LogP contribution >= 0.6 is 15.9 Å². The van der Waals surface area contributed by atoms with E-state index in [1.165, 1.54) is 0 Å². The minimum absolute atomic E-state index is 0.104. The molecule has 2 aliphatic rings. The van der Waals surface area contributed by atoms with Crippen molar-refractivity contribution in [1.82, 2.24) is 0 Å². The van der Waals surface area contributed by atoms with E-state index in [2.05, 4.69) is 89.7 Å². The van der Waals surface area contributed by atoms with Gasteiger partial charge in [-0.15, -0.1) is 0 Å². The van der Waals surface area contributed by atoms with Gasteiger partial charge in [-0.05, 0) is 56.2 Å². The predicted octanol–water partition coefficient (Wildman–Crippen LogP) is 6.58. The Morgan fingerprint density at radius 1 is 0.893 bits per heavy atom. The molecule has 164 valence electrons. The highest BCUT2D eigenvalue weighted by Crippen LogP contribution is 2.47. The zero-order valence-electron chi connectivity index (χ0n) is 19.9. The molecule has 4 atom stereocenters. The van der Waals surface area contributed by atoms with Crippen LogP contribution in [-0.2, 0) is 18.3 Å². The lowest BCUT2D eigenvalue weighted by Gasteiger charge is -2.48. The Bertz CT molecular complexity index is 617. The van der Waals surface area contributed by atoms with Crippen molar-refractivity contribution < 1.29 is 18.3 Å². The molecule has 28 heavy (non-hydrogen) atoms. The van der Waals surface area contributed by atoms with E-state index in [0.717, 1.165) is 4.48 Å². The van der Waals surface area contributed by atoms with Crippen LogP contribution in [0.2, 0.25) is 36.3 Å². The van der Waals surface area contributed by atoms with Crippen molar-refractivity contribution in [3.05, 3.63) is 10.6 Å². The van der Waals surface area contributed by atoms with Gasteiger partial charge in [0.05, 0.1) is 0 Å². The quantitative estimate of drug-likeness (QED) is 0.415. The first kappa shape index (κ1) is 24.8. The normalized spacial score (nSPS) is 31.5. The topological polar surface area (TPSA) is 36.9 Å². The Kier molecular flexibility index (Phi) is 6.69. The van der Waals surface area contributed by atoms with E-state index in [4.69, 9.17) is 18.3 Å². The van der Waals surface area contributed by atoms with Crippen LogP contribution < -0.4 is 0 Å². The summed E-state index contributed by atoms with van der Waals surface area (Å²) < 4.78 is 27.4. The molecule has 1 fully saturated rings. The SMILES string of the molecule is CC1(C)O[C@H]2[C@H](O[Si](C)(C)C(C)(C)C)[C@H](O[Si](C)(C)C(C)(C)C)C(Br)=C[C@H]2O1. The van der Waals surface area contributed by atoms with Gasteiger partial charge in [0.15, 0.2) is 22.4 Å². The predicted molar refractivity (Wildman–Crippen MR) is 125 cm³/mol. The largest absolute Gasteiger partial charge is 0.408 e. The molecule has 0 amide bonds. The molecule has 1 saturated heterocycles. The highest BCUT2D eigenvalue weighted by atomic mass is 79.9. The summed E-state index contributed by atoms with van der Waals surface area (Å²) in [7, 11) is -4.05. The maximum atomic E-state index is 6.95. The fourth-order valence-corrected chi connectivity index (χ4v) is 6.37. The van der Waals surface area contributed by atoms with E-state index in [1.54, 1.807) is 0 Å². The molecule has 0 bridgehead atoms. The van der Waals surface area contributed by atoms with Crippen molar-refractivity contribution in [3.63, 3.8) is 0 Å². The second-order valence-electron chi connectivity index (χ2n) is 11.8. The number of hydrogen-bond donors (Lipinski definition) is 0. The van der Waals surface area contributed by atoms with E-state index in [-0.39, 0.29) is 34.5 Å². The Hall–Kier alpha value is 0.494. The number of hydrogen-bond acceptors (Lipinski definition) is 4. The van der Waals surface area contributed by atoms with Gasteiger partial charge in [0.2, 0.25) is 0 Å². The monoisotopic (exact) mass is 492 g/mol. The fraction of sp³-hybridized carbons (Fsp3) is 0.905. The summed E-state index contributed by atoms with van der Waals surface area (Å²) in [5.74, 6) is -0.625. The van der Waals surface area contributed by atoms with E-state index in [0.29, 0.717) is 0 Å². The smallest absolute Gasteiger partial charge is 0.193 e. The average molecular weight is 494 g/mol. The van der Waals surface area contributed by atoms with E-state index < -0.39 is 22.4 Å². The molecule has 1 aliphatic carbocycles. The second-order valence-corrected chi connectivity index (χ2v) is 22.2. The lowest BCUT2D eigenvalue weighted by molar-refractivity contribution is -0.155. The summed E-state index contributed by atoms with van der Waals surface area (Å²) in [6, 6.07) is 0. The van der Waals surface area contributed by atoms with Crippen molar-refractivity contribution in [1.29, 1.82) is 0 Å². The van der Waals surface area contributed by atoms with Gasteiger partial charge < -0.3 is 18.3 Å². The van der Waals surface area contributed by atoms with E-state index >= 15 is 0 Å². The van der Waals surface area contributed by atoms with Crippen molar-refractivity contribution in [2.24, 2.45) is 0 Å².